The van der Waals surface area contributed by atoms with Crippen LogP contribution < -0.4 is 10.6 Å². The van der Waals surface area contributed by atoms with E-state index >= 15 is 0 Å². The third-order valence-electron chi connectivity index (χ3n) is 4.79. The Balaban J connectivity index is 1.71. The number of hydrogen-bond acceptors (Lipinski definition) is 2. The van der Waals surface area contributed by atoms with Crippen LogP contribution in [-0.4, -0.2) is 29.8 Å². The lowest BCUT2D eigenvalue weighted by atomic mass is 9.80. The van der Waals surface area contributed by atoms with Crippen LogP contribution >= 0.6 is 0 Å². The average Bonchev–Trinajstić information content (AvgIpc) is 2.57. The van der Waals surface area contributed by atoms with E-state index in [9.17, 15) is 5.11 Å². The minimum absolute atomic E-state index is 0.142. The van der Waals surface area contributed by atoms with Crippen LogP contribution in [0.15, 0.2) is 47.5 Å². The van der Waals surface area contributed by atoms with Crippen LogP contribution in [0.3, 0.4) is 0 Å². The number of fused-ring (bicyclic) bond motifs is 1. The average molecular weight is 325 g/mol. The standard InChI is InChI=1S/C20H27N3O/c1-3-21-19(22-14-20(24)11-6-12-20)23-15(2)17-10-9-16-7-4-5-8-18(16)13-17/h4-5,7-10,13,15,24H,3,6,11-12,14H2,1-2H3,(H2,21,22,23). The summed E-state index contributed by atoms with van der Waals surface area (Å²) >= 11 is 0. The molecule has 3 rings (SSSR count). The Kier molecular flexibility index (Phi) is 5.05. The second kappa shape index (κ2) is 7.22. The van der Waals surface area contributed by atoms with Crippen LogP contribution in [-0.2, 0) is 0 Å². The molecule has 128 valence electrons. The highest BCUT2D eigenvalue weighted by Crippen LogP contribution is 2.31. The van der Waals surface area contributed by atoms with Gasteiger partial charge >= 0.3 is 0 Å². The van der Waals surface area contributed by atoms with Gasteiger partial charge in [-0.2, -0.15) is 0 Å². The molecule has 4 nitrogen and oxygen atoms in total. The fourth-order valence-electron chi connectivity index (χ4n) is 3.05. The Bertz CT molecular complexity index is 722. The second-order valence-electron chi connectivity index (χ2n) is 6.75. The summed E-state index contributed by atoms with van der Waals surface area (Å²) in [6.07, 6.45) is 2.82. The highest BCUT2D eigenvalue weighted by Gasteiger charge is 2.34. The van der Waals surface area contributed by atoms with E-state index in [1.165, 1.54) is 16.3 Å². The zero-order valence-corrected chi connectivity index (χ0v) is 14.5. The van der Waals surface area contributed by atoms with Crippen molar-refractivity contribution in [2.75, 3.05) is 13.1 Å². The van der Waals surface area contributed by atoms with Crippen molar-refractivity contribution >= 4 is 16.7 Å². The van der Waals surface area contributed by atoms with Gasteiger partial charge in [-0.15, -0.1) is 0 Å². The maximum absolute atomic E-state index is 10.2. The van der Waals surface area contributed by atoms with E-state index in [0.717, 1.165) is 31.8 Å². The molecule has 0 bridgehead atoms. The van der Waals surface area contributed by atoms with Crippen LogP contribution in [0.4, 0.5) is 0 Å². The van der Waals surface area contributed by atoms with Crippen molar-refractivity contribution in [3.8, 4) is 0 Å². The monoisotopic (exact) mass is 325 g/mol. The molecule has 0 heterocycles. The van der Waals surface area contributed by atoms with E-state index in [2.05, 4.69) is 71.9 Å². The van der Waals surface area contributed by atoms with E-state index < -0.39 is 5.60 Å². The van der Waals surface area contributed by atoms with Crippen molar-refractivity contribution in [2.24, 2.45) is 4.99 Å². The Labute approximate surface area is 144 Å². The number of nitrogens with zero attached hydrogens (tertiary/aromatic N) is 1. The number of hydrogen-bond donors (Lipinski definition) is 3. The number of nitrogens with one attached hydrogen (secondary N) is 2. The molecule has 0 amide bonds. The SMILES string of the molecule is CCNC(=NCC1(O)CCC1)NC(C)c1ccc2ccccc2c1. The Morgan fingerprint density at radius 1 is 1.21 bits per heavy atom. The summed E-state index contributed by atoms with van der Waals surface area (Å²) in [6.45, 7) is 5.45. The zero-order chi connectivity index (χ0) is 17.0. The lowest BCUT2D eigenvalue weighted by Crippen LogP contribution is -2.43. The summed E-state index contributed by atoms with van der Waals surface area (Å²) < 4.78 is 0. The molecule has 2 aromatic carbocycles. The Morgan fingerprint density at radius 2 is 1.96 bits per heavy atom. The first kappa shape index (κ1) is 16.8. The van der Waals surface area contributed by atoms with E-state index in [0.29, 0.717) is 6.54 Å². The molecule has 24 heavy (non-hydrogen) atoms. The minimum atomic E-state index is -0.589. The highest BCUT2D eigenvalue weighted by molar-refractivity contribution is 5.84. The molecule has 0 radical (unpaired) electrons. The number of benzene rings is 2. The van der Waals surface area contributed by atoms with Crippen LogP contribution in [0.1, 0.15) is 44.7 Å². The van der Waals surface area contributed by atoms with E-state index in [4.69, 9.17) is 0 Å². The summed E-state index contributed by atoms with van der Waals surface area (Å²) in [7, 11) is 0. The van der Waals surface area contributed by atoms with Gasteiger partial charge in [0.1, 0.15) is 0 Å². The summed E-state index contributed by atoms with van der Waals surface area (Å²) in [6, 6.07) is 15.1. The Hall–Kier alpha value is -2.07. The molecule has 0 aromatic heterocycles. The molecule has 1 saturated carbocycles. The van der Waals surface area contributed by atoms with Crippen molar-refractivity contribution in [1.29, 1.82) is 0 Å². The van der Waals surface area contributed by atoms with Gasteiger partial charge in [0.2, 0.25) is 0 Å². The zero-order valence-electron chi connectivity index (χ0n) is 14.5. The third kappa shape index (κ3) is 3.88. The van der Waals surface area contributed by atoms with Gasteiger partial charge < -0.3 is 15.7 Å². The quantitative estimate of drug-likeness (QED) is 0.583. The molecule has 0 aliphatic heterocycles. The molecule has 1 atom stereocenters. The summed E-state index contributed by atoms with van der Waals surface area (Å²) in [4.78, 5) is 4.58. The lowest BCUT2D eigenvalue weighted by Gasteiger charge is -2.35. The second-order valence-corrected chi connectivity index (χ2v) is 6.75. The van der Waals surface area contributed by atoms with E-state index in [-0.39, 0.29) is 6.04 Å². The topological polar surface area (TPSA) is 56.7 Å². The Morgan fingerprint density at radius 3 is 2.62 bits per heavy atom. The van der Waals surface area contributed by atoms with Gasteiger partial charge in [-0.25, -0.2) is 0 Å². The van der Waals surface area contributed by atoms with Gasteiger partial charge in [0.25, 0.3) is 0 Å². The molecule has 1 unspecified atom stereocenters. The molecule has 4 heteroatoms. The van der Waals surface area contributed by atoms with Gasteiger partial charge in [-0.3, -0.25) is 4.99 Å². The van der Waals surface area contributed by atoms with Crippen LogP contribution in [0, 0.1) is 0 Å². The lowest BCUT2D eigenvalue weighted by molar-refractivity contribution is -0.0236. The minimum Gasteiger partial charge on any atom is -0.388 e. The largest absolute Gasteiger partial charge is 0.388 e. The predicted molar refractivity (Wildman–Crippen MR) is 100 cm³/mol. The maximum atomic E-state index is 10.2. The first-order valence-electron chi connectivity index (χ1n) is 8.85. The van der Waals surface area contributed by atoms with Crippen molar-refractivity contribution in [3.05, 3.63) is 48.0 Å². The van der Waals surface area contributed by atoms with Crippen molar-refractivity contribution in [2.45, 2.75) is 44.8 Å². The number of aliphatic hydroxyl groups is 1. The van der Waals surface area contributed by atoms with Crippen LogP contribution in [0.2, 0.25) is 0 Å². The molecule has 2 aromatic rings. The van der Waals surface area contributed by atoms with Gasteiger partial charge in [-0.1, -0.05) is 36.4 Å². The first-order valence-corrected chi connectivity index (χ1v) is 8.85. The number of guanidine groups is 1. The van der Waals surface area contributed by atoms with Gasteiger partial charge in [0.15, 0.2) is 5.96 Å². The van der Waals surface area contributed by atoms with Crippen molar-refractivity contribution in [3.63, 3.8) is 0 Å². The van der Waals surface area contributed by atoms with E-state index in [1.807, 2.05) is 0 Å². The third-order valence-corrected chi connectivity index (χ3v) is 4.79. The smallest absolute Gasteiger partial charge is 0.191 e. The fraction of sp³-hybridized carbons (Fsp3) is 0.450. The summed E-state index contributed by atoms with van der Waals surface area (Å²) in [5.41, 5.74) is 0.635. The molecule has 0 saturated heterocycles. The number of rotatable bonds is 5. The van der Waals surface area contributed by atoms with Crippen molar-refractivity contribution < 1.29 is 5.11 Å². The first-order chi connectivity index (χ1) is 11.6. The summed E-state index contributed by atoms with van der Waals surface area (Å²) in [5.74, 6) is 0.762. The molecular weight excluding hydrogens is 298 g/mol. The van der Waals surface area contributed by atoms with Gasteiger partial charge in [-0.05, 0) is 55.5 Å². The number of aliphatic imine (C=N–C) groups is 1. The molecular formula is C20H27N3O. The predicted octanol–water partition coefficient (Wildman–Crippen LogP) is 3.37. The van der Waals surface area contributed by atoms with Crippen LogP contribution in [0.25, 0.3) is 10.8 Å². The van der Waals surface area contributed by atoms with E-state index in [1.54, 1.807) is 0 Å². The highest BCUT2D eigenvalue weighted by atomic mass is 16.3. The molecule has 3 N–H and O–H groups in total. The summed E-state index contributed by atoms with van der Waals surface area (Å²) in [5, 5.41) is 19.4. The molecule has 1 aliphatic rings. The fourth-order valence-corrected chi connectivity index (χ4v) is 3.05. The van der Waals surface area contributed by atoms with Gasteiger partial charge in [0.05, 0.1) is 18.2 Å². The van der Waals surface area contributed by atoms with Crippen molar-refractivity contribution in [1.82, 2.24) is 10.6 Å². The van der Waals surface area contributed by atoms with Crippen LogP contribution in [0.5, 0.6) is 0 Å². The molecule has 0 spiro atoms. The normalized spacial score (nSPS) is 18.0. The molecule has 1 fully saturated rings. The van der Waals surface area contributed by atoms with Gasteiger partial charge in [0, 0.05) is 6.54 Å². The molecule has 1 aliphatic carbocycles. The maximum Gasteiger partial charge on any atom is 0.191 e.